The molecular formula is C20H21NO3. The number of aromatic hydroxyl groups is 2. The van der Waals surface area contributed by atoms with E-state index in [0.29, 0.717) is 18.7 Å². The summed E-state index contributed by atoms with van der Waals surface area (Å²) in [6.45, 7) is 1.13. The van der Waals surface area contributed by atoms with Crippen LogP contribution in [0.25, 0.3) is 0 Å². The fourth-order valence-electron chi connectivity index (χ4n) is 3.98. The summed E-state index contributed by atoms with van der Waals surface area (Å²) < 4.78 is 0. The molecule has 4 nitrogen and oxygen atoms in total. The molecule has 1 aliphatic heterocycles. The van der Waals surface area contributed by atoms with Crippen molar-refractivity contribution in [2.75, 3.05) is 0 Å². The minimum atomic E-state index is -0.178. The lowest BCUT2D eigenvalue weighted by molar-refractivity contribution is 0.0748. The van der Waals surface area contributed by atoms with Gasteiger partial charge in [0.1, 0.15) is 11.5 Å². The Hall–Kier alpha value is -2.49. The molecule has 0 saturated heterocycles. The average molecular weight is 323 g/mol. The van der Waals surface area contributed by atoms with E-state index in [1.165, 1.54) is 6.07 Å². The van der Waals surface area contributed by atoms with E-state index in [2.05, 4.69) is 0 Å². The van der Waals surface area contributed by atoms with Crippen molar-refractivity contribution in [3.63, 3.8) is 0 Å². The minimum Gasteiger partial charge on any atom is -0.508 e. The van der Waals surface area contributed by atoms with Gasteiger partial charge in [-0.2, -0.15) is 0 Å². The van der Waals surface area contributed by atoms with Crippen LogP contribution in [0.2, 0.25) is 0 Å². The first-order valence-electron chi connectivity index (χ1n) is 8.55. The first-order valence-corrected chi connectivity index (χ1v) is 8.55. The number of hydrogen-bond acceptors (Lipinski definition) is 3. The zero-order valence-electron chi connectivity index (χ0n) is 13.5. The van der Waals surface area contributed by atoms with Crippen LogP contribution in [-0.4, -0.2) is 21.0 Å². The molecule has 1 aliphatic carbocycles. The number of benzene rings is 2. The summed E-state index contributed by atoms with van der Waals surface area (Å²) in [5.74, 6) is 0.0618. The van der Waals surface area contributed by atoms with Crippen molar-refractivity contribution >= 4 is 5.91 Å². The molecule has 124 valence electrons. The van der Waals surface area contributed by atoms with E-state index in [1.54, 1.807) is 11.0 Å². The van der Waals surface area contributed by atoms with E-state index in [0.717, 1.165) is 42.4 Å². The third-order valence-corrected chi connectivity index (χ3v) is 5.30. The second-order valence-electron chi connectivity index (χ2n) is 6.84. The van der Waals surface area contributed by atoms with Gasteiger partial charge in [0.05, 0.1) is 5.56 Å². The number of hydrogen-bond donors (Lipinski definition) is 2. The molecule has 4 rings (SSSR count). The maximum Gasteiger partial charge on any atom is 0.258 e. The average Bonchev–Trinajstić information content (AvgIpc) is 3.23. The first-order chi connectivity index (χ1) is 11.6. The Morgan fingerprint density at radius 3 is 2.21 bits per heavy atom. The second-order valence-corrected chi connectivity index (χ2v) is 6.84. The molecule has 2 aromatic carbocycles. The highest BCUT2D eigenvalue weighted by molar-refractivity contribution is 5.97. The Labute approximate surface area is 141 Å². The van der Waals surface area contributed by atoms with Gasteiger partial charge in [-0.25, -0.2) is 0 Å². The summed E-state index contributed by atoms with van der Waals surface area (Å²) in [6.07, 6.45) is 4.35. The smallest absolute Gasteiger partial charge is 0.258 e. The first kappa shape index (κ1) is 15.1. The van der Waals surface area contributed by atoms with Crippen molar-refractivity contribution in [3.8, 4) is 11.5 Å². The van der Waals surface area contributed by atoms with Crippen LogP contribution in [0.4, 0.5) is 0 Å². The largest absolute Gasteiger partial charge is 0.508 e. The predicted octanol–water partition coefficient (Wildman–Crippen LogP) is 3.91. The molecule has 0 spiro atoms. The third kappa shape index (κ3) is 2.52. The lowest BCUT2D eigenvalue weighted by Gasteiger charge is -2.19. The van der Waals surface area contributed by atoms with Crippen LogP contribution in [0.1, 0.15) is 58.6 Å². The van der Waals surface area contributed by atoms with Crippen molar-refractivity contribution in [1.29, 1.82) is 0 Å². The van der Waals surface area contributed by atoms with Gasteiger partial charge in [0.25, 0.3) is 5.91 Å². The molecular weight excluding hydrogens is 302 g/mol. The van der Waals surface area contributed by atoms with Gasteiger partial charge in [0.2, 0.25) is 0 Å². The predicted molar refractivity (Wildman–Crippen MR) is 91.0 cm³/mol. The van der Waals surface area contributed by atoms with E-state index < -0.39 is 0 Å². The molecule has 1 fully saturated rings. The summed E-state index contributed by atoms with van der Waals surface area (Å²) in [5, 5.41) is 20.4. The van der Waals surface area contributed by atoms with Crippen LogP contribution >= 0.6 is 0 Å². The van der Waals surface area contributed by atoms with Crippen LogP contribution < -0.4 is 0 Å². The summed E-state index contributed by atoms with van der Waals surface area (Å²) in [6, 6.07) is 11.0. The Kier molecular flexibility index (Phi) is 3.68. The van der Waals surface area contributed by atoms with Gasteiger partial charge in [-0.1, -0.05) is 37.1 Å². The highest BCUT2D eigenvalue weighted by Gasteiger charge is 2.28. The molecule has 0 aromatic heterocycles. The number of phenolic OH excluding ortho intramolecular Hbond substituents is 2. The van der Waals surface area contributed by atoms with Crippen molar-refractivity contribution in [1.82, 2.24) is 4.90 Å². The minimum absolute atomic E-state index is 0.0978. The summed E-state index contributed by atoms with van der Waals surface area (Å²) in [4.78, 5) is 14.6. The van der Waals surface area contributed by atoms with E-state index in [9.17, 15) is 15.0 Å². The lowest BCUT2D eigenvalue weighted by Crippen LogP contribution is -2.25. The fourth-order valence-corrected chi connectivity index (χ4v) is 3.98. The molecule has 0 radical (unpaired) electrons. The molecule has 4 heteroatoms. The summed E-state index contributed by atoms with van der Waals surface area (Å²) in [5.41, 5.74) is 3.40. The van der Waals surface area contributed by atoms with Crippen molar-refractivity contribution in [3.05, 3.63) is 58.7 Å². The quantitative estimate of drug-likeness (QED) is 0.881. The van der Waals surface area contributed by atoms with Crippen LogP contribution in [0.5, 0.6) is 11.5 Å². The van der Waals surface area contributed by atoms with E-state index in [1.807, 2.05) is 24.3 Å². The molecule has 1 saturated carbocycles. The van der Waals surface area contributed by atoms with Crippen molar-refractivity contribution < 1.29 is 15.0 Å². The Bertz CT molecular complexity index is 768. The van der Waals surface area contributed by atoms with Crippen LogP contribution in [0, 0.1) is 0 Å². The van der Waals surface area contributed by atoms with Crippen LogP contribution in [0.3, 0.4) is 0 Å². The van der Waals surface area contributed by atoms with E-state index in [-0.39, 0.29) is 23.3 Å². The van der Waals surface area contributed by atoms with Gasteiger partial charge in [0, 0.05) is 19.2 Å². The molecule has 1 amide bonds. The van der Waals surface area contributed by atoms with Gasteiger partial charge >= 0.3 is 0 Å². The number of amides is 1. The maximum absolute atomic E-state index is 12.9. The van der Waals surface area contributed by atoms with Gasteiger partial charge in [-0.05, 0) is 41.5 Å². The van der Waals surface area contributed by atoms with Gasteiger partial charge in [0.15, 0.2) is 0 Å². The number of nitrogens with zero attached hydrogens (tertiary/aromatic N) is 1. The molecule has 0 bridgehead atoms. The van der Waals surface area contributed by atoms with Crippen molar-refractivity contribution in [2.45, 2.75) is 44.7 Å². The SMILES string of the molecule is O=C(c1cc(C2CCCC2)c(O)cc1O)N1Cc2ccccc2C1. The zero-order valence-corrected chi connectivity index (χ0v) is 13.5. The van der Waals surface area contributed by atoms with Gasteiger partial charge in [-0.3, -0.25) is 4.79 Å². The Morgan fingerprint density at radius 2 is 1.58 bits per heavy atom. The van der Waals surface area contributed by atoms with E-state index in [4.69, 9.17) is 0 Å². The molecule has 0 atom stereocenters. The highest BCUT2D eigenvalue weighted by atomic mass is 16.3. The lowest BCUT2D eigenvalue weighted by atomic mass is 9.94. The zero-order chi connectivity index (χ0) is 16.7. The normalized spacial score (nSPS) is 17.2. The fraction of sp³-hybridized carbons (Fsp3) is 0.350. The standard InChI is InChI=1S/C20H21NO3/c22-18-10-19(23)17(9-16(18)13-5-1-2-6-13)20(24)21-11-14-7-3-4-8-15(14)12-21/h3-4,7-10,13,22-23H,1-2,5-6,11-12H2. The number of rotatable bonds is 2. The monoisotopic (exact) mass is 323 g/mol. The Morgan fingerprint density at radius 1 is 0.958 bits per heavy atom. The third-order valence-electron chi connectivity index (χ3n) is 5.30. The number of phenols is 2. The molecule has 2 aromatic rings. The van der Waals surface area contributed by atoms with Crippen LogP contribution in [-0.2, 0) is 13.1 Å². The molecule has 0 unspecified atom stereocenters. The highest BCUT2D eigenvalue weighted by Crippen LogP contribution is 2.41. The summed E-state index contributed by atoms with van der Waals surface area (Å²) in [7, 11) is 0. The molecule has 24 heavy (non-hydrogen) atoms. The van der Waals surface area contributed by atoms with Gasteiger partial charge in [-0.15, -0.1) is 0 Å². The topological polar surface area (TPSA) is 60.8 Å². The maximum atomic E-state index is 12.9. The van der Waals surface area contributed by atoms with Crippen LogP contribution in [0.15, 0.2) is 36.4 Å². The second kappa shape index (κ2) is 5.86. The number of fused-ring (bicyclic) bond motifs is 1. The van der Waals surface area contributed by atoms with Crippen molar-refractivity contribution in [2.24, 2.45) is 0 Å². The summed E-state index contributed by atoms with van der Waals surface area (Å²) >= 11 is 0. The number of carbonyl (C=O) groups is 1. The van der Waals surface area contributed by atoms with E-state index >= 15 is 0 Å². The Balaban J connectivity index is 1.64. The molecule has 1 heterocycles. The number of carbonyl (C=O) groups excluding carboxylic acids is 1. The van der Waals surface area contributed by atoms with Gasteiger partial charge < -0.3 is 15.1 Å². The molecule has 2 N–H and O–H groups in total. The molecule has 2 aliphatic rings.